The summed E-state index contributed by atoms with van der Waals surface area (Å²) >= 11 is 0. The summed E-state index contributed by atoms with van der Waals surface area (Å²) in [6.07, 6.45) is 7.13. The number of amides is 1. The molecule has 1 saturated carbocycles. The molecule has 4 heteroatoms. The SMILES string of the molecule is CCC1CCC(NC(=O)c2ccccc2N=C=O)CC1. The summed E-state index contributed by atoms with van der Waals surface area (Å²) in [6, 6.07) is 7.09. The maximum Gasteiger partial charge on any atom is 0.253 e. The van der Waals surface area contributed by atoms with Crippen LogP contribution in [0.1, 0.15) is 49.4 Å². The molecule has 20 heavy (non-hydrogen) atoms. The third kappa shape index (κ3) is 3.55. The highest BCUT2D eigenvalue weighted by Crippen LogP contribution is 2.27. The Labute approximate surface area is 119 Å². The van der Waals surface area contributed by atoms with Crippen LogP contribution in [0.3, 0.4) is 0 Å². The number of benzene rings is 1. The second kappa shape index (κ2) is 7.01. The number of carbonyl (C=O) groups is 1. The summed E-state index contributed by atoms with van der Waals surface area (Å²) in [4.78, 5) is 26.2. The highest BCUT2D eigenvalue weighted by molar-refractivity contribution is 5.99. The molecule has 0 unspecified atom stereocenters. The molecule has 0 bridgehead atoms. The molecule has 0 atom stereocenters. The highest BCUT2D eigenvalue weighted by Gasteiger charge is 2.22. The first-order valence-corrected chi connectivity index (χ1v) is 7.22. The van der Waals surface area contributed by atoms with E-state index in [0.29, 0.717) is 11.3 Å². The number of hydrogen-bond acceptors (Lipinski definition) is 3. The van der Waals surface area contributed by atoms with E-state index in [1.807, 2.05) is 0 Å². The quantitative estimate of drug-likeness (QED) is 0.675. The molecule has 0 aromatic heterocycles. The van der Waals surface area contributed by atoms with Crippen LogP contribution in [0, 0.1) is 5.92 Å². The Morgan fingerprint density at radius 1 is 1.30 bits per heavy atom. The van der Waals surface area contributed by atoms with Crippen LogP contribution in [-0.2, 0) is 4.79 Å². The lowest BCUT2D eigenvalue weighted by Gasteiger charge is -2.28. The fourth-order valence-corrected chi connectivity index (χ4v) is 2.79. The third-order valence-corrected chi connectivity index (χ3v) is 4.07. The van der Waals surface area contributed by atoms with E-state index >= 15 is 0 Å². The number of aliphatic imine (C=N–C) groups is 1. The second-order valence-electron chi connectivity index (χ2n) is 5.32. The van der Waals surface area contributed by atoms with E-state index in [2.05, 4.69) is 17.2 Å². The smallest absolute Gasteiger partial charge is 0.253 e. The predicted molar refractivity (Wildman–Crippen MR) is 77.7 cm³/mol. The second-order valence-corrected chi connectivity index (χ2v) is 5.32. The standard InChI is InChI=1S/C16H20N2O2/c1-2-12-7-9-13(10-8-12)18-16(20)14-5-3-4-6-15(14)17-11-19/h3-6,12-13H,2,7-10H2,1H3,(H,18,20). The number of nitrogens with zero attached hydrogens (tertiary/aromatic N) is 1. The van der Waals surface area contributed by atoms with Gasteiger partial charge in [-0.3, -0.25) is 4.79 Å². The molecule has 1 aromatic rings. The minimum absolute atomic E-state index is 0.153. The molecule has 4 nitrogen and oxygen atoms in total. The molecule has 0 spiro atoms. The molecule has 0 aliphatic heterocycles. The average Bonchev–Trinajstić information content (AvgIpc) is 2.49. The molecule has 2 rings (SSSR count). The number of nitrogens with one attached hydrogen (secondary N) is 1. The van der Waals surface area contributed by atoms with E-state index < -0.39 is 0 Å². The molecule has 1 N–H and O–H groups in total. The van der Waals surface area contributed by atoms with Gasteiger partial charge in [0.25, 0.3) is 5.91 Å². The summed E-state index contributed by atoms with van der Waals surface area (Å²) in [5.41, 5.74) is 0.815. The largest absolute Gasteiger partial charge is 0.349 e. The van der Waals surface area contributed by atoms with Crippen molar-refractivity contribution in [3.05, 3.63) is 29.8 Å². The van der Waals surface area contributed by atoms with E-state index in [1.54, 1.807) is 24.3 Å². The molecule has 1 aromatic carbocycles. The fourth-order valence-electron chi connectivity index (χ4n) is 2.79. The lowest BCUT2D eigenvalue weighted by Crippen LogP contribution is -2.37. The van der Waals surface area contributed by atoms with Crippen LogP contribution in [0.25, 0.3) is 0 Å². The molecular weight excluding hydrogens is 252 g/mol. The number of rotatable bonds is 4. The van der Waals surface area contributed by atoms with Crippen LogP contribution >= 0.6 is 0 Å². The first kappa shape index (κ1) is 14.5. The van der Waals surface area contributed by atoms with Crippen molar-refractivity contribution in [1.29, 1.82) is 0 Å². The summed E-state index contributed by atoms with van der Waals surface area (Å²) in [5, 5.41) is 3.05. The zero-order valence-electron chi connectivity index (χ0n) is 11.8. The number of para-hydroxylation sites is 1. The minimum atomic E-state index is -0.153. The van der Waals surface area contributed by atoms with Crippen molar-refractivity contribution in [3.8, 4) is 0 Å². The van der Waals surface area contributed by atoms with Gasteiger partial charge in [0.1, 0.15) is 0 Å². The van der Waals surface area contributed by atoms with Gasteiger partial charge in [0.05, 0.1) is 11.3 Å². The molecule has 1 aliphatic carbocycles. The van der Waals surface area contributed by atoms with Gasteiger partial charge in [0.15, 0.2) is 0 Å². The fraction of sp³-hybridized carbons (Fsp3) is 0.500. The number of isocyanates is 1. The Morgan fingerprint density at radius 3 is 2.65 bits per heavy atom. The van der Waals surface area contributed by atoms with Crippen LogP contribution in [0.2, 0.25) is 0 Å². The van der Waals surface area contributed by atoms with E-state index in [4.69, 9.17) is 0 Å². The van der Waals surface area contributed by atoms with Gasteiger partial charge in [-0.2, -0.15) is 4.99 Å². The third-order valence-electron chi connectivity index (χ3n) is 4.07. The van der Waals surface area contributed by atoms with Crippen LogP contribution in [0.4, 0.5) is 5.69 Å². The van der Waals surface area contributed by atoms with E-state index in [9.17, 15) is 9.59 Å². The van der Waals surface area contributed by atoms with Crippen molar-refractivity contribution >= 4 is 17.7 Å². The van der Waals surface area contributed by atoms with E-state index in [-0.39, 0.29) is 11.9 Å². The maximum atomic E-state index is 12.3. The zero-order valence-corrected chi connectivity index (χ0v) is 11.8. The van der Waals surface area contributed by atoms with Crippen LogP contribution in [0.5, 0.6) is 0 Å². The lowest BCUT2D eigenvalue weighted by molar-refractivity contribution is 0.0922. The molecule has 106 valence electrons. The monoisotopic (exact) mass is 272 g/mol. The van der Waals surface area contributed by atoms with Gasteiger partial charge in [0.2, 0.25) is 6.08 Å². The van der Waals surface area contributed by atoms with Crippen molar-refractivity contribution in [2.45, 2.75) is 45.1 Å². The Kier molecular flexibility index (Phi) is 5.08. The van der Waals surface area contributed by atoms with Gasteiger partial charge in [-0.25, -0.2) is 4.79 Å². The average molecular weight is 272 g/mol. The summed E-state index contributed by atoms with van der Waals surface area (Å²) in [5.74, 6) is 0.648. The molecule has 1 amide bonds. The van der Waals surface area contributed by atoms with Crippen LogP contribution in [-0.4, -0.2) is 18.0 Å². The van der Waals surface area contributed by atoms with Gasteiger partial charge in [0, 0.05) is 6.04 Å². The van der Waals surface area contributed by atoms with Crippen LogP contribution in [0.15, 0.2) is 29.3 Å². The predicted octanol–water partition coefficient (Wildman–Crippen LogP) is 3.35. The maximum absolute atomic E-state index is 12.3. The Hall–Kier alpha value is -1.93. The van der Waals surface area contributed by atoms with Crippen molar-refractivity contribution in [2.75, 3.05) is 0 Å². The van der Waals surface area contributed by atoms with Crippen LogP contribution < -0.4 is 5.32 Å². The molecule has 0 heterocycles. The Morgan fingerprint density at radius 2 is 2.00 bits per heavy atom. The number of carbonyl (C=O) groups excluding carboxylic acids is 2. The summed E-state index contributed by atoms with van der Waals surface area (Å²) in [7, 11) is 0. The first-order chi connectivity index (χ1) is 9.74. The molecular formula is C16H20N2O2. The molecule has 0 radical (unpaired) electrons. The van der Waals surface area contributed by atoms with Crippen molar-refractivity contribution in [3.63, 3.8) is 0 Å². The van der Waals surface area contributed by atoms with E-state index in [1.165, 1.54) is 25.3 Å². The van der Waals surface area contributed by atoms with E-state index in [0.717, 1.165) is 18.8 Å². The summed E-state index contributed by atoms with van der Waals surface area (Å²) in [6.45, 7) is 2.22. The molecule has 1 fully saturated rings. The highest BCUT2D eigenvalue weighted by atomic mass is 16.1. The summed E-state index contributed by atoms with van der Waals surface area (Å²) < 4.78 is 0. The van der Waals surface area contributed by atoms with Gasteiger partial charge in [-0.15, -0.1) is 0 Å². The first-order valence-electron chi connectivity index (χ1n) is 7.22. The Bertz CT molecular complexity index is 513. The van der Waals surface area contributed by atoms with Crippen molar-refractivity contribution in [2.24, 2.45) is 10.9 Å². The lowest BCUT2D eigenvalue weighted by atomic mass is 9.84. The normalized spacial score (nSPS) is 21.9. The zero-order chi connectivity index (χ0) is 14.4. The topological polar surface area (TPSA) is 58.5 Å². The van der Waals surface area contributed by atoms with Crippen molar-refractivity contribution < 1.29 is 9.59 Å². The number of hydrogen-bond donors (Lipinski definition) is 1. The minimum Gasteiger partial charge on any atom is -0.349 e. The van der Waals surface area contributed by atoms with Gasteiger partial charge in [-0.1, -0.05) is 25.5 Å². The molecule has 0 saturated heterocycles. The van der Waals surface area contributed by atoms with Gasteiger partial charge in [-0.05, 0) is 43.7 Å². The van der Waals surface area contributed by atoms with Gasteiger partial charge >= 0.3 is 0 Å². The van der Waals surface area contributed by atoms with Gasteiger partial charge < -0.3 is 5.32 Å². The molecule has 1 aliphatic rings. The van der Waals surface area contributed by atoms with Crippen molar-refractivity contribution in [1.82, 2.24) is 5.32 Å². The Balaban J connectivity index is 2.00.